The normalized spacial score (nSPS) is 14.7. The van der Waals surface area contributed by atoms with Gasteiger partial charge in [-0.1, -0.05) is 35.5 Å². The Balaban J connectivity index is 1.68. The predicted molar refractivity (Wildman–Crippen MR) is 107 cm³/mol. The van der Waals surface area contributed by atoms with Crippen molar-refractivity contribution in [2.45, 2.75) is 50.6 Å². The molecule has 1 unspecified atom stereocenters. The number of rotatable bonds is 7. The summed E-state index contributed by atoms with van der Waals surface area (Å²) >= 11 is 7.30. The summed E-state index contributed by atoms with van der Waals surface area (Å²) in [5.41, 5.74) is 2.15. The third-order valence-corrected chi connectivity index (χ3v) is 5.65. The quantitative estimate of drug-likeness (QED) is 0.419. The van der Waals surface area contributed by atoms with Crippen LogP contribution in [-0.2, 0) is 4.79 Å². The summed E-state index contributed by atoms with van der Waals surface area (Å²) in [6.45, 7) is 5.25. The molecule has 0 spiro atoms. The molecule has 27 heavy (non-hydrogen) atoms. The molecule has 1 saturated carbocycles. The van der Waals surface area contributed by atoms with E-state index in [2.05, 4.69) is 15.3 Å². The van der Waals surface area contributed by atoms with Crippen molar-refractivity contribution in [3.8, 4) is 0 Å². The van der Waals surface area contributed by atoms with Crippen LogP contribution in [0.1, 0.15) is 66.1 Å². The number of carbonyl (C=O) groups excluding carboxylic acids is 2. The van der Waals surface area contributed by atoms with E-state index in [9.17, 15) is 9.59 Å². The number of aryl methyl sites for hydroxylation is 1. The van der Waals surface area contributed by atoms with Crippen LogP contribution < -0.4 is 5.32 Å². The van der Waals surface area contributed by atoms with Gasteiger partial charge in [0, 0.05) is 10.9 Å². The molecule has 1 aromatic heterocycles. The SMILES string of the molecule is CC(=O)c1c(C)nc(C2CC2)nc1SCC(=O)NC(C)c1cccc(Cl)c1. The first-order valence-electron chi connectivity index (χ1n) is 8.92. The number of halogens is 1. The number of carbonyl (C=O) groups is 2. The van der Waals surface area contributed by atoms with Crippen LogP contribution in [0.4, 0.5) is 0 Å². The van der Waals surface area contributed by atoms with Crippen molar-refractivity contribution in [3.63, 3.8) is 0 Å². The second-order valence-electron chi connectivity index (χ2n) is 6.81. The highest BCUT2D eigenvalue weighted by Crippen LogP contribution is 2.39. The molecule has 5 nitrogen and oxygen atoms in total. The van der Waals surface area contributed by atoms with Gasteiger partial charge in [0.05, 0.1) is 23.1 Å². The molecule has 1 N–H and O–H groups in total. The van der Waals surface area contributed by atoms with E-state index < -0.39 is 0 Å². The van der Waals surface area contributed by atoms with Crippen molar-refractivity contribution in [3.05, 3.63) is 51.9 Å². The molecule has 142 valence electrons. The second kappa shape index (κ2) is 8.40. The molecule has 1 aliphatic rings. The number of nitrogens with zero attached hydrogens (tertiary/aromatic N) is 2. The Kier molecular flexibility index (Phi) is 6.17. The summed E-state index contributed by atoms with van der Waals surface area (Å²) in [7, 11) is 0. The van der Waals surface area contributed by atoms with Crippen molar-refractivity contribution >= 4 is 35.1 Å². The Bertz CT molecular complexity index is 884. The summed E-state index contributed by atoms with van der Waals surface area (Å²) in [6.07, 6.45) is 2.17. The van der Waals surface area contributed by atoms with Crippen LogP contribution >= 0.6 is 23.4 Å². The lowest BCUT2D eigenvalue weighted by atomic mass is 10.1. The molecule has 2 aromatic rings. The average Bonchev–Trinajstić information content (AvgIpc) is 3.44. The fourth-order valence-electron chi connectivity index (χ4n) is 2.88. The van der Waals surface area contributed by atoms with E-state index in [0.717, 1.165) is 24.2 Å². The highest BCUT2D eigenvalue weighted by atomic mass is 35.5. The van der Waals surface area contributed by atoms with Gasteiger partial charge in [-0.3, -0.25) is 9.59 Å². The minimum absolute atomic E-state index is 0.0787. The molecule has 1 amide bonds. The standard InChI is InChI=1S/C20H22ClN3O2S/c1-11(15-5-4-6-16(21)9-15)22-17(26)10-27-20-18(13(3)25)12(2)23-19(24-20)14-7-8-14/h4-6,9,11,14H,7-8,10H2,1-3H3,(H,22,26). The maximum absolute atomic E-state index is 12.4. The summed E-state index contributed by atoms with van der Waals surface area (Å²) in [6, 6.07) is 7.26. The van der Waals surface area contributed by atoms with Gasteiger partial charge in [-0.2, -0.15) is 0 Å². The van der Waals surface area contributed by atoms with Crippen molar-refractivity contribution < 1.29 is 9.59 Å². The van der Waals surface area contributed by atoms with E-state index in [1.165, 1.54) is 18.7 Å². The van der Waals surface area contributed by atoms with Crippen molar-refractivity contribution in [1.82, 2.24) is 15.3 Å². The van der Waals surface area contributed by atoms with Gasteiger partial charge in [-0.05, 0) is 51.3 Å². The minimum Gasteiger partial charge on any atom is -0.349 e. The van der Waals surface area contributed by atoms with E-state index in [0.29, 0.717) is 27.2 Å². The number of ketones is 1. The first kappa shape index (κ1) is 19.8. The van der Waals surface area contributed by atoms with Crippen LogP contribution in [-0.4, -0.2) is 27.4 Å². The van der Waals surface area contributed by atoms with Crippen LogP contribution in [0, 0.1) is 6.92 Å². The largest absolute Gasteiger partial charge is 0.349 e. The molecule has 0 radical (unpaired) electrons. The van der Waals surface area contributed by atoms with Gasteiger partial charge < -0.3 is 5.32 Å². The Hall–Kier alpha value is -1.92. The van der Waals surface area contributed by atoms with Gasteiger partial charge in [-0.15, -0.1) is 0 Å². The zero-order chi connectivity index (χ0) is 19.6. The molecule has 7 heteroatoms. The Morgan fingerprint density at radius 3 is 2.70 bits per heavy atom. The average molecular weight is 404 g/mol. The molecular formula is C20H22ClN3O2S. The Labute approximate surface area is 168 Å². The van der Waals surface area contributed by atoms with Crippen molar-refractivity contribution in [1.29, 1.82) is 0 Å². The molecule has 1 aliphatic carbocycles. The number of hydrogen-bond donors (Lipinski definition) is 1. The van der Waals surface area contributed by atoms with Crippen molar-refractivity contribution in [2.75, 3.05) is 5.75 Å². The fourth-order valence-corrected chi connectivity index (χ4v) is 4.02. The van der Waals surface area contributed by atoms with Gasteiger partial charge in [0.1, 0.15) is 10.9 Å². The van der Waals surface area contributed by atoms with Crippen LogP contribution in [0.3, 0.4) is 0 Å². The number of amides is 1. The number of aromatic nitrogens is 2. The molecule has 3 rings (SSSR count). The number of Topliss-reactive ketones (excluding diaryl/α,β-unsaturated/α-hetero) is 1. The zero-order valence-electron chi connectivity index (χ0n) is 15.6. The Morgan fingerprint density at radius 2 is 2.07 bits per heavy atom. The molecule has 1 fully saturated rings. The van der Waals surface area contributed by atoms with E-state index in [4.69, 9.17) is 11.6 Å². The third-order valence-electron chi connectivity index (χ3n) is 4.43. The van der Waals surface area contributed by atoms with Crippen LogP contribution in [0.15, 0.2) is 29.3 Å². The highest BCUT2D eigenvalue weighted by molar-refractivity contribution is 8.00. The van der Waals surface area contributed by atoms with Crippen LogP contribution in [0.2, 0.25) is 5.02 Å². The fraction of sp³-hybridized carbons (Fsp3) is 0.400. The minimum atomic E-state index is -0.154. The van der Waals surface area contributed by atoms with Gasteiger partial charge >= 0.3 is 0 Å². The molecule has 1 aromatic carbocycles. The van der Waals surface area contributed by atoms with Crippen LogP contribution in [0.25, 0.3) is 0 Å². The van der Waals surface area contributed by atoms with E-state index in [1.54, 1.807) is 6.07 Å². The molecule has 0 saturated heterocycles. The van der Waals surface area contributed by atoms with E-state index in [-0.39, 0.29) is 23.5 Å². The van der Waals surface area contributed by atoms with Gasteiger partial charge in [-0.25, -0.2) is 9.97 Å². The number of benzene rings is 1. The first-order chi connectivity index (χ1) is 12.8. The Morgan fingerprint density at radius 1 is 1.33 bits per heavy atom. The van der Waals surface area contributed by atoms with Gasteiger partial charge in [0.15, 0.2) is 5.78 Å². The van der Waals surface area contributed by atoms with E-state index in [1.807, 2.05) is 32.0 Å². The number of thioether (sulfide) groups is 1. The lowest BCUT2D eigenvalue weighted by Crippen LogP contribution is -2.28. The third kappa shape index (κ3) is 5.08. The molecule has 0 aliphatic heterocycles. The molecule has 1 atom stereocenters. The van der Waals surface area contributed by atoms with Crippen LogP contribution in [0.5, 0.6) is 0 Å². The molecule has 0 bridgehead atoms. The smallest absolute Gasteiger partial charge is 0.230 e. The summed E-state index contributed by atoms with van der Waals surface area (Å²) in [4.78, 5) is 33.5. The molecular weight excluding hydrogens is 382 g/mol. The topological polar surface area (TPSA) is 72.0 Å². The predicted octanol–water partition coefficient (Wildman–Crippen LogP) is 4.49. The maximum Gasteiger partial charge on any atom is 0.230 e. The summed E-state index contributed by atoms with van der Waals surface area (Å²) in [5, 5.41) is 4.20. The van der Waals surface area contributed by atoms with E-state index >= 15 is 0 Å². The zero-order valence-corrected chi connectivity index (χ0v) is 17.2. The molecule has 1 heterocycles. The first-order valence-corrected chi connectivity index (χ1v) is 10.3. The monoisotopic (exact) mass is 403 g/mol. The number of nitrogens with one attached hydrogen (secondary N) is 1. The summed E-state index contributed by atoms with van der Waals surface area (Å²) in [5.74, 6) is 1.16. The maximum atomic E-state index is 12.4. The lowest BCUT2D eigenvalue weighted by Gasteiger charge is -2.15. The van der Waals surface area contributed by atoms with Gasteiger partial charge in [0.2, 0.25) is 5.91 Å². The van der Waals surface area contributed by atoms with Gasteiger partial charge in [0.25, 0.3) is 0 Å². The summed E-state index contributed by atoms with van der Waals surface area (Å²) < 4.78 is 0. The highest BCUT2D eigenvalue weighted by Gasteiger charge is 2.29. The van der Waals surface area contributed by atoms with Crippen molar-refractivity contribution in [2.24, 2.45) is 0 Å². The second-order valence-corrected chi connectivity index (χ2v) is 8.21. The lowest BCUT2D eigenvalue weighted by molar-refractivity contribution is -0.119. The number of hydrogen-bond acceptors (Lipinski definition) is 5.